The maximum Gasteiger partial charge on any atom is 0.410 e. The van der Waals surface area contributed by atoms with Gasteiger partial charge < -0.3 is 9.47 Å². The summed E-state index contributed by atoms with van der Waals surface area (Å²) >= 11 is 0. The van der Waals surface area contributed by atoms with Crippen LogP contribution >= 0.6 is 0 Å². The Hall–Kier alpha value is -3.00. The predicted octanol–water partition coefficient (Wildman–Crippen LogP) is 2.96. The Labute approximate surface area is 134 Å². The van der Waals surface area contributed by atoms with Crippen molar-refractivity contribution in [2.24, 2.45) is 0 Å². The van der Waals surface area contributed by atoms with E-state index in [1.54, 1.807) is 29.2 Å². The van der Waals surface area contributed by atoms with Crippen molar-refractivity contribution in [1.82, 2.24) is 4.90 Å². The fraction of sp³-hybridized carbons (Fsp3) is 0.222. The van der Waals surface area contributed by atoms with Gasteiger partial charge in [0.05, 0.1) is 17.7 Å². The molecule has 5 heteroatoms. The van der Waals surface area contributed by atoms with Gasteiger partial charge in [-0.15, -0.1) is 0 Å². The van der Waals surface area contributed by atoms with E-state index in [4.69, 9.17) is 14.7 Å². The molecule has 1 amide bonds. The number of hydrogen-bond acceptors (Lipinski definition) is 4. The van der Waals surface area contributed by atoms with Gasteiger partial charge in [0.1, 0.15) is 19.0 Å². The molecule has 1 aliphatic rings. The second-order valence-electron chi connectivity index (χ2n) is 5.29. The van der Waals surface area contributed by atoms with Crippen LogP contribution in [0.3, 0.4) is 0 Å². The molecule has 1 atom stereocenters. The van der Waals surface area contributed by atoms with Crippen LogP contribution in [0, 0.1) is 11.3 Å². The second-order valence-corrected chi connectivity index (χ2v) is 5.29. The fourth-order valence-corrected chi connectivity index (χ4v) is 2.17. The first-order valence-corrected chi connectivity index (χ1v) is 7.36. The van der Waals surface area contributed by atoms with Gasteiger partial charge in [-0.05, 0) is 29.8 Å². The van der Waals surface area contributed by atoms with E-state index in [2.05, 4.69) is 6.07 Å². The zero-order valence-electron chi connectivity index (χ0n) is 12.5. The fourth-order valence-electron chi connectivity index (χ4n) is 2.17. The molecule has 2 aromatic rings. The molecule has 0 aromatic heterocycles. The smallest absolute Gasteiger partial charge is 0.410 e. The molecule has 1 heterocycles. The molecule has 0 spiro atoms. The quantitative estimate of drug-likeness (QED) is 0.797. The molecule has 23 heavy (non-hydrogen) atoms. The van der Waals surface area contributed by atoms with Crippen molar-refractivity contribution in [3.05, 3.63) is 65.7 Å². The van der Waals surface area contributed by atoms with Crippen molar-refractivity contribution in [2.45, 2.75) is 12.6 Å². The molecule has 5 nitrogen and oxygen atoms in total. The molecule has 0 aliphatic carbocycles. The molecular formula is C18H16N2O3. The highest BCUT2D eigenvalue weighted by atomic mass is 16.6. The molecule has 0 saturated carbocycles. The van der Waals surface area contributed by atoms with Gasteiger partial charge >= 0.3 is 6.09 Å². The zero-order valence-corrected chi connectivity index (χ0v) is 12.5. The highest BCUT2D eigenvalue weighted by Crippen LogP contribution is 2.21. The number of amides is 1. The van der Waals surface area contributed by atoms with E-state index in [1.807, 2.05) is 30.3 Å². The lowest BCUT2D eigenvalue weighted by Crippen LogP contribution is -2.18. The zero-order chi connectivity index (χ0) is 16.1. The number of nitriles is 1. The third-order valence-electron chi connectivity index (χ3n) is 3.58. The number of ether oxygens (including phenoxy) is 2. The first-order chi connectivity index (χ1) is 11.3. The van der Waals surface area contributed by atoms with E-state index in [0.717, 1.165) is 5.56 Å². The van der Waals surface area contributed by atoms with Gasteiger partial charge in [0, 0.05) is 6.54 Å². The Bertz CT molecular complexity index is 707. The van der Waals surface area contributed by atoms with Crippen molar-refractivity contribution >= 4 is 6.09 Å². The maximum atomic E-state index is 11.9. The maximum absolute atomic E-state index is 11.9. The number of carbonyl (C=O) groups is 1. The molecule has 0 N–H and O–H groups in total. The normalized spacial score (nSPS) is 15.6. The summed E-state index contributed by atoms with van der Waals surface area (Å²) in [5.74, 6) is 0.688. The highest BCUT2D eigenvalue weighted by molar-refractivity contribution is 5.71. The number of nitrogens with zero attached hydrogens (tertiary/aromatic N) is 2. The summed E-state index contributed by atoms with van der Waals surface area (Å²) in [6.07, 6.45) is -0.317. The van der Waals surface area contributed by atoms with E-state index < -0.39 is 0 Å². The topological polar surface area (TPSA) is 62.3 Å². The minimum Gasteiger partial charge on any atom is -0.491 e. The molecule has 3 rings (SSSR count). The lowest BCUT2D eigenvalue weighted by atomic mass is 10.2. The number of benzene rings is 2. The Balaban J connectivity index is 1.40. The van der Waals surface area contributed by atoms with Crippen LogP contribution < -0.4 is 4.74 Å². The van der Waals surface area contributed by atoms with Gasteiger partial charge in [0.2, 0.25) is 0 Å². The van der Waals surface area contributed by atoms with Crippen molar-refractivity contribution < 1.29 is 14.3 Å². The van der Waals surface area contributed by atoms with Crippen LogP contribution in [0.15, 0.2) is 54.6 Å². The van der Waals surface area contributed by atoms with Gasteiger partial charge in [-0.2, -0.15) is 5.26 Å². The molecule has 1 fully saturated rings. The van der Waals surface area contributed by atoms with E-state index >= 15 is 0 Å². The standard InChI is InChI=1S/C18H16N2O3/c19-10-14-6-8-17(9-7-14)22-13-16-11-20(16)18(21)23-12-15-4-2-1-3-5-15/h1-9,16H,11-13H2/t16-,20?/m0/s1. The van der Waals surface area contributed by atoms with Gasteiger partial charge in [0.25, 0.3) is 0 Å². The highest BCUT2D eigenvalue weighted by Gasteiger charge is 2.40. The predicted molar refractivity (Wildman–Crippen MR) is 83.8 cm³/mol. The van der Waals surface area contributed by atoms with Gasteiger partial charge in [-0.1, -0.05) is 30.3 Å². The van der Waals surface area contributed by atoms with Crippen LogP contribution in [-0.4, -0.2) is 30.2 Å². The van der Waals surface area contributed by atoms with Gasteiger partial charge in [-0.3, -0.25) is 4.90 Å². The van der Waals surface area contributed by atoms with Crippen molar-refractivity contribution in [3.8, 4) is 11.8 Å². The number of hydrogen-bond donors (Lipinski definition) is 0. The molecule has 2 aromatic carbocycles. The second kappa shape index (κ2) is 6.84. The molecule has 1 saturated heterocycles. The summed E-state index contributed by atoms with van der Waals surface area (Å²) in [6, 6.07) is 18.6. The van der Waals surface area contributed by atoms with Gasteiger partial charge in [-0.25, -0.2) is 4.79 Å². The molecule has 116 valence electrons. The van der Waals surface area contributed by atoms with Crippen molar-refractivity contribution in [3.63, 3.8) is 0 Å². The first kappa shape index (κ1) is 14.9. The Morgan fingerprint density at radius 2 is 1.91 bits per heavy atom. The Morgan fingerprint density at radius 1 is 1.17 bits per heavy atom. The molecular weight excluding hydrogens is 292 g/mol. The first-order valence-electron chi connectivity index (χ1n) is 7.36. The summed E-state index contributed by atoms with van der Waals surface area (Å²) in [6.45, 7) is 1.34. The van der Waals surface area contributed by atoms with Crippen LogP contribution in [0.1, 0.15) is 11.1 Å². The minimum atomic E-state index is -0.317. The third-order valence-corrected chi connectivity index (χ3v) is 3.58. The van der Waals surface area contributed by atoms with E-state index in [1.165, 1.54) is 0 Å². The van der Waals surface area contributed by atoms with Crippen LogP contribution in [0.5, 0.6) is 5.75 Å². The average molecular weight is 308 g/mol. The summed E-state index contributed by atoms with van der Waals surface area (Å²) in [7, 11) is 0. The summed E-state index contributed by atoms with van der Waals surface area (Å²) < 4.78 is 10.9. The lowest BCUT2D eigenvalue weighted by Gasteiger charge is -2.08. The average Bonchev–Trinajstić information content (AvgIpc) is 3.39. The summed E-state index contributed by atoms with van der Waals surface area (Å²) in [4.78, 5) is 13.5. The number of carbonyl (C=O) groups excluding carboxylic acids is 1. The Kier molecular flexibility index (Phi) is 4.44. The minimum absolute atomic E-state index is 0.0499. The molecule has 0 bridgehead atoms. The van der Waals surface area contributed by atoms with E-state index in [9.17, 15) is 4.79 Å². The largest absolute Gasteiger partial charge is 0.491 e. The van der Waals surface area contributed by atoms with E-state index in [0.29, 0.717) is 24.5 Å². The SMILES string of the molecule is N#Cc1ccc(OC[C@@H]2CN2C(=O)OCc2ccccc2)cc1. The summed E-state index contributed by atoms with van der Waals surface area (Å²) in [5.41, 5.74) is 1.56. The van der Waals surface area contributed by atoms with Crippen LogP contribution in [0.4, 0.5) is 4.79 Å². The molecule has 1 aliphatic heterocycles. The monoisotopic (exact) mass is 308 g/mol. The van der Waals surface area contributed by atoms with Gasteiger partial charge in [0.15, 0.2) is 0 Å². The van der Waals surface area contributed by atoms with Crippen molar-refractivity contribution in [2.75, 3.05) is 13.2 Å². The summed E-state index contributed by atoms with van der Waals surface area (Å²) in [5, 5.41) is 8.74. The van der Waals surface area contributed by atoms with Crippen LogP contribution in [0.2, 0.25) is 0 Å². The molecule has 0 radical (unpaired) electrons. The Morgan fingerprint density at radius 3 is 2.61 bits per heavy atom. The number of rotatable bonds is 5. The van der Waals surface area contributed by atoms with Crippen LogP contribution in [0.25, 0.3) is 0 Å². The lowest BCUT2D eigenvalue weighted by molar-refractivity contribution is 0.120. The van der Waals surface area contributed by atoms with Crippen LogP contribution in [-0.2, 0) is 11.3 Å². The third kappa shape index (κ3) is 4.01. The molecule has 0 unspecified atom stereocenters. The van der Waals surface area contributed by atoms with E-state index in [-0.39, 0.29) is 18.7 Å². The van der Waals surface area contributed by atoms with Crippen molar-refractivity contribution in [1.29, 1.82) is 5.26 Å².